The van der Waals surface area contributed by atoms with Crippen molar-refractivity contribution in [1.82, 2.24) is 0 Å². The van der Waals surface area contributed by atoms with Gasteiger partial charge in [-0.3, -0.25) is 4.99 Å². The number of aromatic carboxylic acids is 1. The number of nitrogens with zero attached hydrogens (tertiary/aromatic N) is 1. The normalized spacial score (nSPS) is 11.3. The van der Waals surface area contributed by atoms with E-state index >= 15 is 0 Å². The van der Waals surface area contributed by atoms with Crippen molar-refractivity contribution in [2.75, 3.05) is 0 Å². The zero-order chi connectivity index (χ0) is 14.4. The molecule has 0 aliphatic rings. The lowest BCUT2D eigenvalue weighted by Gasteiger charge is -2.09. The van der Waals surface area contributed by atoms with Crippen LogP contribution in [0.25, 0.3) is 0 Å². The number of carboxylic acid groups (broad SMARTS) is 1. The van der Waals surface area contributed by atoms with Crippen molar-refractivity contribution in [3.63, 3.8) is 0 Å². The maximum absolute atomic E-state index is 11.3. The molecule has 0 radical (unpaired) electrons. The molecule has 0 unspecified atom stereocenters. The molecule has 0 heterocycles. The van der Waals surface area contributed by atoms with Crippen LogP contribution < -0.4 is 0 Å². The lowest BCUT2D eigenvalue weighted by Crippen LogP contribution is -2.09. The zero-order valence-corrected chi connectivity index (χ0v) is 11.4. The molecule has 1 N–H and O–H groups in total. The highest BCUT2D eigenvalue weighted by molar-refractivity contribution is 6.09. The van der Waals surface area contributed by atoms with Crippen molar-refractivity contribution >= 4 is 17.4 Å². The van der Waals surface area contributed by atoms with Gasteiger partial charge in [0.1, 0.15) is 0 Å². The average Bonchev–Trinajstić information content (AvgIpc) is 2.48. The second-order valence-electron chi connectivity index (χ2n) is 4.49. The molecule has 0 bridgehead atoms. The van der Waals surface area contributed by atoms with Crippen molar-refractivity contribution in [2.45, 2.75) is 19.8 Å². The number of aliphatic imine (C=N–C) groups is 1. The van der Waals surface area contributed by atoms with E-state index in [4.69, 9.17) is 0 Å². The first-order chi connectivity index (χ1) is 9.72. The topological polar surface area (TPSA) is 49.7 Å². The van der Waals surface area contributed by atoms with Crippen molar-refractivity contribution in [1.29, 1.82) is 0 Å². The molecule has 0 atom stereocenters. The molecule has 2 rings (SSSR count). The van der Waals surface area contributed by atoms with E-state index in [2.05, 4.69) is 11.9 Å². The maximum Gasteiger partial charge on any atom is 0.336 e. The highest BCUT2D eigenvalue weighted by Gasteiger charge is 2.13. The molecule has 3 nitrogen and oxygen atoms in total. The van der Waals surface area contributed by atoms with E-state index in [1.54, 1.807) is 12.1 Å². The molecule has 3 heteroatoms. The lowest BCUT2D eigenvalue weighted by molar-refractivity contribution is 0.0696. The Balaban J connectivity index is 2.49. The SMILES string of the molecule is CCCC(=Nc1ccccc1)c1ccccc1C(=O)O. The van der Waals surface area contributed by atoms with Crippen molar-refractivity contribution in [3.05, 3.63) is 65.7 Å². The molecule has 0 saturated carbocycles. The Morgan fingerprint density at radius 3 is 2.20 bits per heavy atom. The minimum atomic E-state index is -0.919. The third kappa shape index (κ3) is 3.32. The Hall–Kier alpha value is -2.42. The third-order valence-electron chi connectivity index (χ3n) is 2.98. The van der Waals surface area contributed by atoms with Crippen molar-refractivity contribution in [2.24, 2.45) is 4.99 Å². The van der Waals surface area contributed by atoms with Crippen LogP contribution in [0, 0.1) is 0 Å². The van der Waals surface area contributed by atoms with E-state index in [1.165, 1.54) is 0 Å². The van der Waals surface area contributed by atoms with Gasteiger partial charge in [-0.05, 0) is 24.6 Å². The number of hydrogen-bond donors (Lipinski definition) is 1. The predicted molar refractivity (Wildman–Crippen MR) is 80.9 cm³/mol. The zero-order valence-electron chi connectivity index (χ0n) is 11.4. The van der Waals surface area contributed by atoms with Crippen LogP contribution >= 0.6 is 0 Å². The summed E-state index contributed by atoms with van der Waals surface area (Å²) in [7, 11) is 0. The van der Waals surface area contributed by atoms with E-state index in [1.807, 2.05) is 42.5 Å². The van der Waals surface area contributed by atoms with Crippen molar-refractivity contribution in [3.8, 4) is 0 Å². The van der Waals surface area contributed by atoms with Gasteiger partial charge in [-0.25, -0.2) is 4.79 Å². The molecular formula is C17H17NO2. The first-order valence-corrected chi connectivity index (χ1v) is 6.67. The largest absolute Gasteiger partial charge is 0.478 e. The van der Waals surface area contributed by atoms with E-state index < -0.39 is 5.97 Å². The molecule has 0 saturated heterocycles. The van der Waals surface area contributed by atoms with Crippen LogP contribution in [0.15, 0.2) is 59.6 Å². The molecule has 0 spiro atoms. The summed E-state index contributed by atoms with van der Waals surface area (Å²) in [5.74, 6) is -0.919. The first kappa shape index (κ1) is 14.0. The van der Waals surface area contributed by atoms with Crippen LogP contribution in [0.4, 0.5) is 5.69 Å². The Labute approximate surface area is 118 Å². The summed E-state index contributed by atoms with van der Waals surface area (Å²) in [6.45, 7) is 2.06. The summed E-state index contributed by atoms with van der Waals surface area (Å²) in [6.07, 6.45) is 1.67. The number of carbonyl (C=O) groups is 1. The number of benzene rings is 2. The molecule has 0 fully saturated rings. The van der Waals surface area contributed by atoms with Crippen LogP contribution in [0.2, 0.25) is 0 Å². The number of hydrogen-bond acceptors (Lipinski definition) is 2. The molecule has 0 aliphatic heterocycles. The van der Waals surface area contributed by atoms with Gasteiger partial charge in [0.25, 0.3) is 0 Å². The smallest absolute Gasteiger partial charge is 0.336 e. The number of carboxylic acids is 1. The summed E-state index contributed by atoms with van der Waals surface area (Å²) in [4.78, 5) is 15.9. The summed E-state index contributed by atoms with van der Waals surface area (Å²) >= 11 is 0. The number of rotatable bonds is 5. The Morgan fingerprint density at radius 1 is 1.00 bits per heavy atom. The van der Waals surface area contributed by atoms with Gasteiger partial charge in [-0.15, -0.1) is 0 Å². The van der Waals surface area contributed by atoms with Gasteiger partial charge in [-0.2, -0.15) is 0 Å². The van der Waals surface area contributed by atoms with Crippen LogP contribution in [0.3, 0.4) is 0 Å². The van der Waals surface area contributed by atoms with Crippen LogP contribution in [0.1, 0.15) is 35.7 Å². The first-order valence-electron chi connectivity index (χ1n) is 6.67. The van der Waals surface area contributed by atoms with Gasteiger partial charge < -0.3 is 5.11 Å². The Morgan fingerprint density at radius 2 is 1.60 bits per heavy atom. The highest BCUT2D eigenvalue weighted by atomic mass is 16.4. The van der Waals surface area contributed by atoms with E-state index in [0.29, 0.717) is 11.1 Å². The van der Waals surface area contributed by atoms with Gasteiger partial charge in [0, 0.05) is 11.3 Å². The minimum absolute atomic E-state index is 0.302. The Kier molecular flexibility index (Phi) is 4.66. The van der Waals surface area contributed by atoms with Gasteiger partial charge in [0.2, 0.25) is 0 Å². The number of para-hydroxylation sites is 1. The lowest BCUT2D eigenvalue weighted by atomic mass is 10.00. The summed E-state index contributed by atoms with van der Waals surface area (Å²) in [5, 5.41) is 9.29. The van der Waals surface area contributed by atoms with Gasteiger partial charge in [0.05, 0.1) is 11.3 Å². The molecule has 20 heavy (non-hydrogen) atoms. The predicted octanol–water partition coefficient (Wildman–Crippen LogP) is 4.31. The standard InChI is InChI=1S/C17H17NO2/c1-2-8-16(18-13-9-4-3-5-10-13)14-11-6-7-12-15(14)17(19)20/h3-7,9-12H,2,8H2,1H3,(H,19,20). The molecule has 2 aromatic carbocycles. The highest BCUT2D eigenvalue weighted by Crippen LogP contribution is 2.18. The molecular weight excluding hydrogens is 250 g/mol. The molecule has 0 aromatic heterocycles. The second kappa shape index (κ2) is 6.66. The van der Waals surface area contributed by atoms with Gasteiger partial charge >= 0.3 is 5.97 Å². The van der Waals surface area contributed by atoms with E-state index in [0.717, 1.165) is 24.2 Å². The van der Waals surface area contributed by atoms with E-state index in [9.17, 15) is 9.90 Å². The fourth-order valence-electron chi connectivity index (χ4n) is 2.07. The van der Waals surface area contributed by atoms with Gasteiger partial charge in [-0.1, -0.05) is 49.7 Å². The monoisotopic (exact) mass is 267 g/mol. The van der Waals surface area contributed by atoms with Gasteiger partial charge in [0.15, 0.2) is 0 Å². The van der Waals surface area contributed by atoms with E-state index in [-0.39, 0.29) is 0 Å². The van der Waals surface area contributed by atoms with Crippen LogP contribution in [0.5, 0.6) is 0 Å². The average molecular weight is 267 g/mol. The molecule has 0 amide bonds. The van der Waals surface area contributed by atoms with Crippen molar-refractivity contribution < 1.29 is 9.90 Å². The van der Waals surface area contributed by atoms with Crippen LogP contribution in [-0.2, 0) is 0 Å². The molecule has 0 aliphatic carbocycles. The fourth-order valence-corrected chi connectivity index (χ4v) is 2.07. The molecule has 102 valence electrons. The summed E-state index contributed by atoms with van der Waals surface area (Å²) in [5.41, 5.74) is 2.66. The maximum atomic E-state index is 11.3. The third-order valence-corrected chi connectivity index (χ3v) is 2.98. The van der Waals surface area contributed by atoms with Crippen LogP contribution in [-0.4, -0.2) is 16.8 Å². The Bertz CT molecular complexity index is 618. The minimum Gasteiger partial charge on any atom is -0.478 e. The second-order valence-corrected chi connectivity index (χ2v) is 4.49. The fraction of sp³-hybridized carbons (Fsp3) is 0.176. The molecule has 2 aromatic rings. The quantitative estimate of drug-likeness (QED) is 0.821. The summed E-state index contributed by atoms with van der Waals surface area (Å²) in [6, 6.07) is 16.6. The summed E-state index contributed by atoms with van der Waals surface area (Å²) < 4.78 is 0.